The van der Waals surface area contributed by atoms with E-state index in [-0.39, 0.29) is 22.9 Å². The van der Waals surface area contributed by atoms with Crippen molar-refractivity contribution in [3.8, 4) is 11.9 Å². The van der Waals surface area contributed by atoms with E-state index in [0.29, 0.717) is 5.69 Å². The van der Waals surface area contributed by atoms with Crippen LogP contribution in [0.4, 0.5) is 5.69 Å². The number of rotatable bonds is 6. The SMILES string of the molecule is COc1nc2c(cc1NS(=O)(=O)c1cnc(OC3CCC3)nc1)CCN(C)CC2. The van der Waals surface area contributed by atoms with Crippen LogP contribution in [-0.4, -0.2) is 61.6 Å². The Hall–Kier alpha value is -2.46. The first-order valence-electron chi connectivity index (χ1n) is 9.71. The van der Waals surface area contributed by atoms with Crippen LogP contribution in [0.5, 0.6) is 11.9 Å². The third kappa shape index (κ3) is 4.43. The summed E-state index contributed by atoms with van der Waals surface area (Å²) in [5, 5.41) is 0. The molecule has 0 saturated heterocycles. The molecule has 0 amide bonds. The normalized spacial score (nSPS) is 17.7. The minimum Gasteiger partial charge on any atom is -0.479 e. The first kappa shape index (κ1) is 19.8. The quantitative estimate of drug-likeness (QED) is 0.753. The van der Waals surface area contributed by atoms with Gasteiger partial charge in [0.05, 0.1) is 19.5 Å². The number of nitrogens with one attached hydrogen (secondary N) is 1. The molecule has 1 N–H and O–H groups in total. The number of ether oxygens (including phenoxy) is 2. The van der Waals surface area contributed by atoms with E-state index in [1.54, 1.807) is 0 Å². The maximum absolute atomic E-state index is 12.8. The average Bonchev–Trinajstić information content (AvgIpc) is 2.85. The first-order chi connectivity index (χ1) is 13.9. The number of methoxy groups -OCH3 is 1. The van der Waals surface area contributed by atoms with Crippen LogP contribution in [-0.2, 0) is 22.9 Å². The van der Waals surface area contributed by atoms with Crippen molar-refractivity contribution in [2.24, 2.45) is 0 Å². The predicted octanol–water partition coefficient (Wildman–Crippen LogP) is 1.64. The van der Waals surface area contributed by atoms with Gasteiger partial charge in [-0.25, -0.2) is 23.4 Å². The third-order valence-corrected chi connectivity index (χ3v) is 6.65. The minimum atomic E-state index is -3.89. The van der Waals surface area contributed by atoms with Crippen molar-refractivity contribution in [3.05, 3.63) is 29.7 Å². The zero-order valence-corrected chi connectivity index (χ0v) is 17.4. The van der Waals surface area contributed by atoms with Crippen molar-refractivity contribution >= 4 is 15.7 Å². The van der Waals surface area contributed by atoms with Gasteiger partial charge in [0.15, 0.2) is 0 Å². The fourth-order valence-corrected chi connectivity index (χ4v) is 4.24. The second kappa shape index (κ2) is 8.11. The lowest BCUT2D eigenvalue weighted by Gasteiger charge is -2.24. The molecule has 0 bridgehead atoms. The van der Waals surface area contributed by atoms with Crippen LogP contribution in [0.1, 0.15) is 30.5 Å². The summed E-state index contributed by atoms with van der Waals surface area (Å²) in [5.41, 5.74) is 2.27. The molecule has 29 heavy (non-hydrogen) atoms. The van der Waals surface area contributed by atoms with Gasteiger partial charge in [0.1, 0.15) is 16.7 Å². The van der Waals surface area contributed by atoms with Crippen LogP contribution in [0.25, 0.3) is 0 Å². The van der Waals surface area contributed by atoms with Gasteiger partial charge < -0.3 is 14.4 Å². The number of sulfonamides is 1. The number of hydrogen-bond acceptors (Lipinski definition) is 8. The van der Waals surface area contributed by atoms with E-state index in [1.807, 2.05) is 6.07 Å². The molecule has 0 radical (unpaired) electrons. The van der Waals surface area contributed by atoms with Gasteiger partial charge in [0, 0.05) is 25.2 Å². The number of pyridine rings is 1. The Labute approximate surface area is 170 Å². The second-order valence-electron chi connectivity index (χ2n) is 7.43. The Morgan fingerprint density at radius 2 is 1.90 bits per heavy atom. The van der Waals surface area contributed by atoms with Crippen molar-refractivity contribution < 1.29 is 17.9 Å². The number of fused-ring (bicyclic) bond motifs is 1. The molecule has 0 spiro atoms. The largest absolute Gasteiger partial charge is 0.479 e. The highest BCUT2D eigenvalue weighted by molar-refractivity contribution is 7.92. The highest BCUT2D eigenvalue weighted by Crippen LogP contribution is 2.29. The Kier molecular flexibility index (Phi) is 5.55. The molecule has 9 nitrogen and oxygen atoms in total. The molecule has 10 heteroatoms. The summed E-state index contributed by atoms with van der Waals surface area (Å²) in [4.78, 5) is 14.8. The standard InChI is InChI=1S/C19H25N5O4S/c1-24-8-6-13-10-17(18(27-2)22-16(13)7-9-24)23-29(25,26)15-11-20-19(21-12-15)28-14-4-3-5-14/h10-12,14,23H,3-9H2,1-2H3. The van der Waals surface area contributed by atoms with Crippen LogP contribution in [0.3, 0.4) is 0 Å². The zero-order chi connectivity index (χ0) is 20.4. The Morgan fingerprint density at radius 3 is 2.55 bits per heavy atom. The number of likely N-dealkylation sites (N-methyl/N-ethyl adjacent to an activating group) is 1. The van der Waals surface area contributed by atoms with Crippen molar-refractivity contribution in [1.82, 2.24) is 19.9 Å². The number of nitrogens with zero attached hydrogens (tertiary/aromatic N) is 4. The summed E-state index contributed by atoms with van der Waals surface area (Å²) in [7, 11) is -0.352. The van der Waals surface area contributed by atoms with Crippen LogP contribution in [0.15, 0.2) is 23.4 Å². The van der Waals surface area contributed by atoms with E-state index in [2.05, 4.69) is 31.6 Å². The Bertz CT molecular complexity index is 977. The Morgan fingerprint density at radius 1 is 1.17 bits per heavy atom. The molecular formula is C19H25N5O4S. The summed E-state index contributed by atoms with van der Waals surface area (Å²) < 4.78 is 39.2. The van der Waals surface area contributed by atoms with Crippen LogP contribution in [0.2, 0.25) is 0 Å². The van der Waals surface area contributed by atoms with E-state index in [4.69, 9.17) is 9.47 Å². The van der Waals surface area contributed by atoms with Crippen LogP contribution in [0, 0.1) is 0 Å². The van der Waals surface area contributed by atoms with Gasteiger partial charge in [0.2, 0.25) is 5.88 Å². The monoisotopic (exact) mass is 419 g/mol. The summed E-state index contributed by atoms with van der Waals surface area (Å²) in [6.45, 7) is 1.80. The smallest absolute Gasteiger partial charge is 0.316 e. The maximum atomic E-state index is 12.8. The van der Waals surface area contributed by atoms with Crippen molar-refractivity contribution in [3.63, 3.8) is 0 Å². The van der Waals surface area contributed by atoms with Gasteiger partial charge in [-0.3, -0.25) is 4.72 Å². The molecule has 4 rings (SSSR count). The fourth-order valence-electron chi connectivity index (χ4n) is 3.30. The molecule has 2 aromatic heterocycles. The molecular weight excluding hydrogens is 394 g/mol. The van der Waals surface area contributed by atoms with Crippen LogP contribution < -0.4 is 14.2 Å². The van der Waals surface area contributed by atoms with E-state index >= 15 is 0 Å². The molecule has 2 aliphatic rings. The van der Waals surface area contributed by atoms with E-state index in [1.165, 1.54) is 19.5 Å². The summed E-state index contributed by atoms with van der Waals surface area (Å²) in [5.74, 6) is 0.253. The molecule has 1 fully saturated rings. The van der Waals surface area contributed by atoms with Gasteiger partial charge in [-0.1, -0.05) is 0 Å². The summed E-state index contributed by atoms with van der Waals surface area (Å²) in [6, 6.07) is 2.01. The predicted molar refractivity (Wildman–Crippen MR) is 107 cm³/mol. The molecule has 2 aromatic rings. The van der Waals surface area contributed by atoms with Crippen molar-refractivity contribution in [2.45, 2.75) is 43.1 Å². The van der Waals surface area contributed by atoms with Gasteiger partial charge in [-0.15, -0.1) is 0 Å². The van der Waals surface area contributed by atoms with Crippen molar-refractivity contribution in [2.75, 3.05) is 32.0 Å². The van der Waals surface area contributed by atoms with Gasteiger partial charge in [-0.2, -0.15) is 0 Å². The second-order valence-corrected chi connectivity index (χ2v) is 9.11. The molecule has 1 aliphatic heterocycles. The zero-order valence-electron chi connectivity index (χ0n) is 16.6. The molecule has 1 saturated carbocycles. The molecule has 0 atom stereocenters. The van der Waals surface area contributed by atoms with Gasteiger partial charge >= 0.3 is 6.01 Å². The lowest BCUT2D eigenvalue weighted by atomic mass is 9.96. The Balaban J connectivity index is 1.55. The number of anilines is 1. The van der Waals surface area contributed by atoms with Gasteiger partial charge in [0.25, 0.3) is 10.0 Å². The molecule has 3 heterocycles. The van der Waals surface area contributed by atoms with Crippen LogP contribution >= 0.6 is 0 Å². The summed E-state index contributed by atoms with van der Waals surface area (Å²) >= 11 is 0. The molecule has 156 valence electrons. The first-order valence-corrected chi connectivity index (χ1v) is 11.2. The average molecular weight is 420 g/mol. The maximum Gasteiger partial charge on any atom is 0.316 e. The van der Waals surface area contributed by atoms with E-state index in [0.717, 1.165) is 56.5 Å². The van der Waals surface area contributed by atoms with Gasteiger partial charge in [-0.05, 0) is 44.4 Å². The number of aromatic nitrogens is 3. The summed E-state index contributed by atoms with van der Waals surface area (Å²) in [6.07, 6.45) is 7.32. The lowest BCUT2D eigenvalue weighted by molar-refractivity contribution is 0.108. The van der Waals surface area contributed by atoms with E-state index < -0.39 is 10.0 Å². The lowest BCUT2D eigenvalue weighted by Crippen LogP contribution is -2.25. The topological polar surface area (TPSA) is 107 Å². The van der Waals surface area contributed by atoms with Crippen molar-refractivity contribution in [1.29, 1.82) is 0 Å². The molecule has 0 aromatic carbocycles. The molecule has 0 unspecified atom stereocenters. The minimum absolute atomic E-state index is 0.0461. The highest BCUT2D eigenvalue weighted by atomic mass is 32.2. The van der Waals surface area contributed by atoms with E-state index in [9.17, 15) is 8.42 Å². The molecule has 1 aliphatic carbocycles. The fraction of sp³-hybridized carbons (Fsp3) is 0.526. The highest BCUT2D eigenvalue weighted by Gasteiger charge is 2.23. The third-order valence-electron chi connectivity index (χ3n) is 5.33. The number of hydrogen-bond donors (Lipinski definition) is 1.